The van der Waals surface area contributed by atoms with Gasteiger partial charge < -0.3 is 10.4 Å². The van der Waals surface area contributed by atoms with Gasteiger partial charge >= 0.3 is 12.1 Å². The van der Waals surface area contributed by atoms with Crippen molar-refractivity contribution in [2.45, 2.75) is 25.2 Å². The number of aliphatic hydroxyl groups is 1. The van der Waals surface area contributed by atoms with Crippen molar-refractivity contribution in [3.05, 3.63) is 92.9 Å². The Hall–Kier alpha value is -4.12. The van der Waals surface area contributed by atoms with Crippen LogP contribution in [0.1, 0.15) is 6.92 Å². The second kappa shape index (κ2) is 13.2. The Balaban J connectivity index is 5.32. The van der Waals surface area contributed by atoms with Gasteiger partial charge in [0.25, 0.3) is 0 Å². The molecular weight excluding hydrogens is 355 g/mol. The van der Waals surface area contributed by atoms with Gasteiger partial charge in [-0.1, -0.05) is 11.5 Å². The van der Waals surface area contributed by atoms with Crippen LogP contribution in [-0.4, -0.2) is 29.3 Å². The van der Waals surface area contributed by atoms with Crippen LogP contribution in [0, 0.1) is 0 Å². The molecule has 27 heavy (non-hydrogen) atoms. The molecule has 0 fully saturated rings. The molecule has 3 nitrogen and oxygen atoms in total. The summed E-state index contributed by atoms with van der Waals surface area (Å²) in [4.78, 5) is 10.7. The molecule has 0 radical (unpaired) electrons. The van der Waals surface area contributed by atoms with Crippen molar-refractivity contribution >= 4 is 5.91 Å². The highest BCUT2D eigenvalue weighted by atomic mass is 19.4. The number of hydrogen-bond donors (Lipinski definition) is 2. The quantitative estimate of drug-likeness (QED) is 0.756. The normalized spacial score (nSPS) is 9.81. The largest absolute Gasteiger partial charge is 0.471 e. The highest BCUT2D eigenvalue weighted by molar-refractivity contribution is 5.81. The van der Waals surface area contributed by atoms with Crippen molar-refractivity contribution < 1.29 is 23.1 Å². The maximum atomic E-state index is 12.1. The summed E-state index contributed by atoms with van der Waals surface area (Å²) < 4.78 is 36.2. The molecule has 0 aliphatic rings. The Morgan fingerprint density at radius 2 is 1.33 bits per heavy atom. The first-order chi connectivity index (χ1) is 12.8. The highest BCUT2D eigenvalue weighted by Crippen LogP contribution is 2.14. The highest BCUT2D eigenvalue weighted by Gasteiger charge is 2.39. The molecule has 0 aromatic carbocycles. The van der Waals surface area contributed by atoms with Gasteiger partial charge in [-0.3, -0.25) is 4.79 Å². The summed E-state index contributed by atoms with van der Waals surface area (Å²) >= 11 is 0. The van der Waals surface area contributed by atoms with E-state index >= 15 is 0 Å². The van der Waals surface area contributed by atoms with E-state index in [2.05, 4.69) is 86.8 Å². The number of alkyl halides is 3. The number of nitrogens with one attached hydrogen (secondary N) is 1. The summed E-state index contributed by atoms with van der Waals surface area (Å²) in [6.45, 7) is 4.47. The molecule has 0 saturated carbocycles. The van der Waals surface area contributed by atoms with Gasteiger partial charge in [0.15, 0.2) is 0 Å². The van der Waals surface area contributed by atoms with Crippen molar-refractivity contribution in [1.82, 2.24) is 5.32 Å². The summed E-state index contributed by atoms with van der Waals surface area (Å²) in [5.74, 6) is -2.14. The lowest BCUT2D eigenvalue weighted by molar-refractivity contribution is -0.174. The van der Waals surface area contributed by atoms with Crippen LogP contribution in [0.15, 0.2) is 92.9 Å². The Labute approximate surface area is 153 Å². The summed E-state index contributed by atoms with van der Waals surface area (Å²) in [6.07, 6.45) is -5.42. The molecule has 0 aromatic rings. The van der Waals surface area contributed by atoms with Gasteiger partial charge in [-0.25, -0.2) is 0 Å². The zero-order valence-electron chi connectivity index (χ0n) is 13.9. The van der Waals surface area contributed by atoms with Crippen molar-refractivity contribution in [2.24, 2.45) is 0 Å². The van der Waals surface area contributed by atoms with Crippen LogP contribution in [0.3, 0.4) is 0 Å². The number of amides is 1. The van der Waals surface area contributed by atoms with Crippen molar-refractivity contribution in [2.75, 3.05) is 0 Å². The van der Waals surface area contributed by atoms with E-state index in [1.54, 1.807) is 5.32 Å². The lowest BCUT2D eigenvalue weighted by Gasteiger charge is -2.17. The lowest BCUT2D eigenvalue weighted by atomic mass is 10.2. The number of aliphatic hydroxyl groups excluding tert-OH is 1. The van der Waals surface area contributed by atoms with Crippen LogP contribution >= 0.6 is 0 Å². The van der Waals surface area contributed by atoms with Crippen LogP contribution in [0.2, 0.25) is 0 Å². The molecule has 0 heterocycles. The fourth-order valence-electron chi connectivity index (χ4n) is 1.04. The van der Waals surface area contributed by atoms with E-state index in [0.717, 1.165) is 6.08 Å². The van der Waals surface area contributed by atoms with Gasteiger partial charge in [0.1, 0.15) is 0 Å². The van der Waals surface area contributed by atoms with E-state index in [1.165, 1.54) is 6.92 Å². The fourth-order valence-corrected chi connectivity index (χ4v) is 1.04. The number of halogens is 3. The maximum absolute atomic E-state index is 12.1. The average molecular weight is 365 g/mol. The predicted molar refractivity (Wildman–Crippen MR) is 89.0 cm³/mol. The van der Waals surface area contributed by atoms with Gasteiger partial charge in [-0.2, -0.15) is 13.2 Å². The summed E-state index contributed by atoms with van der Waals surface area (Å²) in [7, 11) is 0. The molecule has 0 rings (SSSR count). The third-order valence-electron chi connectivity index (χ3n) is 2.23. The van der Waals surface area contributed by atoms with Gasteiger partial charge in [0.05, 0.1) is 12.1 Å². The predicted octanol–water partition coefficient (Wildman–Crippen LogP) is 2.77. The summed E-state index contributed by atoms with van der Waals surface area (Å²) in [5.41, 5.74) is 33.3. The van der Waals surface area contributed by atoms with Crippen molar-refractivity contribution in [3.63, 3.8) is 0 Å². The molecule has 2 N–H and O–H groups in total. The molecule has 0 aliphatic carbocycles. The molecule has 0 saturated heterocycles. The Bertz CT molecular complexity index is 1100. The third kappa shape index (κ3) is 12.9. The first kappa shape index (κ1) is 22.9. The number of rotatable bonds is 3. The first-order valence-electron chi connectivity index (χ1n) is 6.95. The number of carbonyl (C=O) groups is 1. The molecule has 0 aromatic heterocycles. The van der Waals surface area contributed by atoms with E-state index in [9.17, 15) is 23.1 Å². The smallest absolute Gasteiger partial charge is 0.386 e. The maximum Gasteiger partial charge on any atom is 0.471 e. The second-order valence-corrected chi connectivity index (χ2v) is 4.24. The number of hydrogen-bond acceptors (Lipinski definition) is 2. The van der Waals surface area contributed by atoms with Crippen LogP contribution in [-0.2, 0) is 4.79 Å². The SMILES string of the molecule is C=C=C=C=C=C=C=C=C=C=C=C=C=C=C=C[C@H](O)[C@H](C)NC(=O)C(F)(F)F. The van der Waals surface area contributed by atoms with Gasteiger partial charge in [0, 0.05) is 0 Å². The zero-order chi connectivity index (χ0) is 20.5. The second-order valence-electron chi connectivity index (χ2n) is 4.24. The fraction of sp³-hybridized carbons (Fsp3) is 0.190. The van der Waals surface area contributed by atoms with Crippen molar-refractivity contribution in [3.8, 4) is 0 Å². The minimum Gasteiger partial charge on any atom is -0.386 e. The Morgan fingerprint density at radius 1 is 0.926 bits per heavy atom. The number of carbonyl (C=O) groups excluding carboxylic acids is 1. The molecule has 0 unspecified atom stereocenters. The summed E-state index contributed by atoms with van der Waals surface area (Å²) in [5, 5.41) is 11.2. The molecule has 6 heteroatoms. The molecular formula is C21H10F3NO2. The van der Waals surface area contributed by atoms with Gasteiger partial charge in [0.2, 0.25) is 0 Å². The molecule has 1 amide bonds. The monoisotopic (exact) mass is 365 g/mol. The summed E-state index contributed by atoms with van der Waals surface area (Å²) in [6, 6.07) is -1.17. The molecule has 2 atom stereocenters. The van der Waals surface area contributed by atoms with E-state index in [-0.39, 0.29) is 0 Å². The Morgan fingerprint density at radius 3 is 1.74 bits per heavy atom. The van der Waals surface area contributed by atoms with E-state index in [0.29, 0.717) is 0 Å². The van der Waals surface area contributed by atoms with Crippen LogP contribution in [0.25, 0.3) is 0 Å². The van der Waals surface area contributed by atoms with Gasteiger partial charge in [-0.05, 0) is 88.4 Å². The molecule has 0 spiro atoms. The minimum absolute atomic E-state index is 0.999. The van der Waals surface area contributed by atoms with Crippen LogP contribution < -0.4 is 5.32 Å². The third-order valence-corrected chi connectivity index (χ3v) is 2.23. The average Bonchev–Trinajstić information content (AvgIpc) is 2.60. The van der Waals surface area contributed by atoms with Gasteiger partial charge in [-0.15, -0.1) is 0 Å². The molecule has 0 aliphatic heterocycles. The van der Waals surface area contributed by atoms with Crippen molar-refractivity contribution in [1.29, 1.82) is 0 Å². The van der Waals surface area contributed by atoms with E-state index in [1.807, 2.05) is 0 Å². The molecule has 132 valence electrons. The minimum atomic E-state index is -5.02. The van der Waals surface area contributed by atoms with E-state index < -0.39 is 24.2 Å². The zero-order valence-corrected chi connectivity index (χ0v) is 13.9. The topological polar surface area (TPSA) is 49.3 Å². The first-order valence-corrected chi connectivity index (χ1v) is 6.95. The lowest BCUT2D eigenvalue weighted by Crippen LogP contribution is -2.46. The van der Waals surface area contributed by atoms with E-state index in [4.69, 9.17) is 0 Å². The van der Waals surface area contributed by atoms with Crippen LogP contribution in [0.5, 0.6) is 0 Å². The standard InChI is InChI=1S/C21H10F3NO2/c1-3-4-5-6-7-8-9-10-11-12-13-14-15-16-17-19(26)18(2)25-20(27)21(22,23)24/h17-19,26H,1H2,2H3,(H,25,27)/t18-,19-/m0/s1. The Kier molecular flexibility index (Phi) is 11.2. The van der Waals surface area contributed by atoms with Crippen LogP contribution in [0.4, 0.5) is 13.2 Å². The molecule has 0 bridgehead atoms.